The number of nitrogens with zero attached hydrogens (tertiary/aromatic N) is 1. The molecule has 0 heterocycles. The van der Waals surface area contributed by atoms with Gasteiger partial charge in [0.25, 0.3) is 0 Å². The van der Waals surface area contributed by atoms with Crippen LogP contribution in [0.4, 0.5) is 0 Å². The number of esters is 1. The Hall–Kier alpha value is -1.57. The molecule has 1 saturated carbocycles. The van der Waals surface area contributed by atoms with Crippen molar-refractivity contribution in [1.82, 2.24) is 5.32 Å². The summed E-state index contributed by atoms with van der Waals surface area (Å²) in [7, 11) is 1.29. The van der Waals surface area contributed by atoms with Crippen LogP contribution < -0.4 is 5.32 Å². The van der Waals surface area contributed by atoms with Crippen LogP contribution in [-0.2, 0) is 14.3 Å². The lowest BCUT2D eigenvalue weighted by molar-refractivity contribution is -0.148. The first-order chi connectivity index (χ1) is 8.36. The van der Waals surface area contributed by atoms with Crippen LogP contribution in [0.3, 0.4) is 0 Å². The summed E-state index contributed by atoms with van der Waals surface area (Å²) in [6, 6.07) is 1.39. The molecule has 100 valence electrons. The number of hydrogen-bond acceptors (Lipinski definition) is 4. The van der Waals surface area contributed by atoms with Gasteiger partial charge < -0.3 is 10.1 Å². The SMILES string of the molecule is COC(=O)C(NC(=O)C1(C#N)CC(C)C1)C(C)C. The zero-order chi connectivity index (χ0) is 13.9. The van der Waals surface area contributed by atoms with Crippen LogP contribution in [0.2, 0.25) is 0 Å². The van der Waals surface area contributed by atoms with Gasteiger partial charge in [0.15, 0.2) is 0 Å². The highest BCUT2D eigenvalue weighted by atomic mass is 16.5. The van der Waals surface area contributed by atoms with E-state index >= 15 is 0 Å². The van der Waals surface area contributed by atoms with Gasteiger partial charge in [-0.3, -0.25) is 4.79 Å². The summed E-state index contributed by atoms with van der Waals surface area (Å²) >= 11 is 0. The lowest BCUT2D eigenvalue weighted by Gasteiger charge is -2.40. The Labute approximate surface area is 107 Å². The van der Waals surface area contributed by atoms with Gasteiger partial charge >= 0.3 is 5.97 Å². The highest BCUT2D eigenvalue weighted by Crippen LogP contribution is 2.45. The smallest absolute Gasteiger partial charge is 0.328 e. The van der Waals surface area contributed by atoms with Gasteiger partial charge in [0, 0.05) is 0 Å². The Morgan fingerprint density at radius 2 is 2.00 bits per heavy atom. The lowest BCUT2D eigenvalue weighted by Crippen LogP contribution is -2.54. The van der Waals surface area contributed by atoms with Gasteiger partial charge in [-0.1, -0.05) is 20.8 Å². The van der Waals surface area contributed by atoms with E-state index in [1.165, 1.54) is 7.11 Å². The fourth-order valence-corrected chi connectivity index (χ4v) is 2.36. The molecule has 0 aromatic rings. The van der Waals surface area contributed by atoms with Crippen molar-refractivity contribution in [3.8, 4) is 6.07 Å². The van der Waals surface area contributed by atoms with E-state index in [1.54, 1.807) is 0 Å². The summed E-state index contributed by atoms with van der Waals surface area (Å²) in [6.07, 6.45) is 1.11. The lowest BCUT2D eigenvalue weighted by atomic mass is 9.63. The molecule has 1 aliphatic carbocycles. The van der Waals surface area contributed by atoms with Crippen molar-refractivity contribution in [3.05, 3.63) is 0 Å². The number of hydrogen-bond donors (Lipinski definition) is 1. The van der Waals surface area contributed by atoms with E-state index in [9.17, 15) is 9.59 Å². The predicted octanol–water partition coefficient (Wildman–Crippen LogP) is 1.24. The van der Waals surface area contributed by atoms with E-state index < -0.39 is 17.4 Å². The van der Waals surface area contributed by atoms with Gasteiger partial charge in [0.05, 0.1) is 13.2 Å². The number of methoxy groups -OCH3 is 1. The molecule has 1 unspecified atom stereocenters. The second kappa shape index (κ2) is 5.38. The van der Waals surface area contributed by atoms with Crippen molar-refractivity contribution in [2.45, 2.75) is 39.7 Å². The van der Waals surface area contributed by atoms with Crippen LogP contribution in [0, 0.1) is 28.6 Å². The molecule has 0 aromatic carbocycles. The Morgan fingerprint density at radius 3 is 2.33 bits per heavy atom. The normalized spacial score (nSPS) is 27.9. The highest BCUT2D eigenvalue weighted by Gasteiger charge is 2.49. The third-order valence-corrected chi connectivity index (χ3v) is 3.45. The Bertz CT molecular complexity index is 378. The first-order valence-electron chi connectivity index (χ1n) is 6.16. The number of nitriles is 1. The largest absolute Gasteiger partial charge is 0.467 e. The van der Waals surface area contributed by atoms with Gasteiger partial charge in [-0.25, -0.2) is 4.79 Å². The molecular formula is C13H20N2O3. The Balaban J connectivity index is 2.74. The molecule has 1 aliphatic rings. The number of rotatable bonds is 4. The molecule has 0 spiro atoms. The third kappa shape index (κ3) is 2.63. The van der Waals surface area contributed by atoms with Crippen molar-refractivity contribution in [2.75, 3.05) is 7.11 Å². The molecule has 5 nitrogen and oxygen atoms in total. The second-order valence-electron chi connectivity index (χ2n) is 5.43. The van der Waals surface area contributed by atoms with E-state index in [1.807, 2.05) is 20.8 Å². The first kappa shape index (κ1) is 14.5. The van der Waals surface area contributed by atoms with E-state index in [0.717, 1.165) is 0 Å². The van der Waals surface area contributed by atoms with Crippen LogP contribution >= 0.6 is 0 Å². The molecule has 0 bridgehead atoms. The third-order valence-electron chi connectivity index (χ3n) is 3.45. The van der Waals surface area contributed by atoms with E-state index in [2.05, 4.69) is 16.1 Å². The van der Waals surface area contributed by atoms with Crippen molar-refractivity contribution < 1.29 is 14.3 Å². The molecule has 1 fully saturated rings. The maximum atomic E-state index is 12.1. The Kier molecular flexibility index (Phi) is 4.33. The van der Waals surface area contributed by atoms with Crippen LogP contribution in [0.15, 0.2) is 0 Å². The average molecular weight is 252 g/mol. The summed E-state index contributed by atoms with van der Waals surface area (Å²) in [5, 5.41) is 11.8. The standard InChI is InChI=1S/C13H20N2O3/c1-8(2)10(11(16)18-4)15-12(17)13(7-14)5-9(3)6-13/h8-10H,5-6H2,1-4H3,(H,15,17). The quantitative estimate of drug-likeness (QED) is 0.763. The molecule has 1 atom stereocenters. The summed E-state index contributed by atoms with van der Waals surface area (Å²) < 4.78 is 4.66. The van der Waals surface area contributed by atoms with Crippen LogP contribution in [0.5, 0.6) is 0 Å². The maximum absolute atomic E-state index is 12.1. The molecule has 1 N–H and O–H groups in total. The molecule has 0 aromatic heterocycles. The molecule has 0 radical (unpaired) electrons. The zero-order valence-electron chi connectivity index (χ0n) is 11.3. The predicted molar refractivity (Wildman–Crippen MR) is 65.2 cm³/mol. The fourth-order valence-electron chi connectivity index (χ4n) is 2.36. The topological polar surface area (TPSA) is 79.2 Å². The monoisotopic (exact) mass is 252 g/mol. The molecular weight excluding hydrogens is 232 g/mol. The first-order valence-corrected chi connectivity index (χ1v) is 6.16. The number of ether oxygens (including phenoxy) is 1. The number of carbonyl (C=O) groups excluding carboxylic acids is 2. The number of amides is 1. The maximum Gasteiger partial charge on any atom is 0.328 e. The average Bonchev–Trinajstić information content (AvgIpc) is 2.29. The second-order valence-corrected chi connectivity index (χ2v) is 5.43. The van der Waals surface area contributed by atoms with Crippen LogP contribution in [-0.4, -0.2) is 25.0 Å². The summed E-state index contributed by atoms with van der Waals surface area (Å²) in [4.78, 5) is 23.7. The minimum Gasteiger partial charge on any atom is -0.467 e. The number of nitrogens with one attached hydrogen (secondary N) is 1. The molecule has 5 heteroatoms. The summed E-state index contributed by atoms with van der Waals surface area (Å²) in [5.41, 5.74) is -0.958. The molecule has 1 amide bonds. The molecule has 0 aliphatic heterocycles. The highest BCUT2D eigenvalue weighted by molar-refractivity contribution is 5.90. The molecule has 18 heavy (non-hydrogen) atoms. The van der Waals surface area contributed by atoms with Crippen molar-refractivity contribution in [2.24, 2.45) is 17.3 Å². The number of carbonyl (C=O) groups is 2. The summed E-state index contributed by atoms with van der Waals surface area (Å²) in [5.74, 6) is -0.522. The van der Waals surface area contributed by atoms with E-state index in [4.69, 9.17) is 5.26 Å². The van der Waals surface area contributed by atoms with Gasteiger partial charge in [0.1, 0.15) is 11.5 Å². The summed E-state index contributed by atoms with van der Waals surface area (Å²) in [6.45, 7) is 5.65. The minimum atomic E-state index is -0.958. The Morgan fingerprint density at radius 1 is 1.44 bits per heavy atom. The molecule has 1 rings (SSSR count). The van der Waals surface area contributed by atoms with Crippen LogP contribution in [0.25, 0.3) is 0 Å². The fraction of sp³-hybridized carbons (Fsp3) is 0.769. The van der Waals surface area contributed by atoms with Gasteiger partial charge in [0.2, 0.25) is 5.91 Å². The zero-order valence-corrected chi connectivity index (χ0v) is 11.3. The van der Waals surface area contributed by atoms with Crippen LogP contribution in [0.1, 0.15) is 33.6 Å². The van der Waals surface area contributed by atoms with Crippen molar-refractivity contribution in [3.63, 3.8) is 0 Å². The molecule has 0 saturated heterocycles. The van der Waals surface area contributed by atoms with Crippen molar-refractivity contribution >= 4 is 11.9 Å². The van der Waals surface area contributed by atoms with E-state index in [-0.39, 0.29) is 11.8 Å². The van der Waals surface area contributed by atoms with Gasteiger partial charge in [-0.05, 0) is 24.7 Å². The van der Waals surface area contributed by atoms with Gasteiger partial charge in [-0.15, -0.1) is 0 Å². The van der Waals surface area contributed by atoms with Gasteiger partial charge in [-0.2, -0.15) is 5.26 Å². The minimum absolute atomic E-state index is 0.0744. The van der Waals surface area contributed by atoms with Crippen molar-refractivity contribution in [1.29, 1.82) is 5.26 Å². The van der Waals surface area contributed by atoms with E-state index in [0.29, 0.717) is 18.8 Å².